The van der Waals surface area contributed by atoms with Crippen LogP contribution in [0.5, 0.6) is 0 Å². The molecule has 2 aliphatic carbocycles. The van der Waals surface area contributed by atoms with Crippen molar-refractivity contribution in [3.8, 4) is 0 Å². The summed E-state index contributed by atoms with van der Waals surface area (Å²) >= 11 is 4.64. The molecule has 5 unspecified atom stereocenters. The zero-order valence-electron chi connectivity index (χ0n) is 5.96. The van der Waals surface area contributed by atoms with Crippen LogP contribution >= 0.6 is 12.6 Å². The lowest BCUT2D eigenvalue weighted by atomic mass is 9.90. The van der Waals surface area contributed by atoms with Crippen LogP contribution in [0.25, 0.3) is 0 Å². The number of rotatable bonds is 0. The molecule has 0 aromatic carbocycles. The van der Waals surface area contributed by atoms with Crippen molar-refractivity contribution in [3.63, 3.8) is 0 Å². The minimum absolute atomic E-state index is 0.684. The standard InChI is InChI=1S/C8H13NS/c10-8-4-1-5-3-9-7(8)6(5)2-4/h4-10H,1-3H2. The Kier molecular flexibility index (Phi) is 1.02. The van der Waals surface area contributed by atoms with Crippen LogP contribution in [0.1, 0.15) is 12.8 Å². The smallest absolute Gasteiger partial charge is 0.0218 e. The Labute approximate surface area is 67.0 Å². The third-order valence-corrected chi connectivity index (χ3v) is 4.46. The van der Waals surface area contributed by atoms with Crippen molar-refractivity contribution in [2.24, 2.45) is 17.8 Å². The molecule has 0 aromatic rings. The average molecular weight is 155 g/mol. The Morgan fingerprint density at radius 2 is 2.10 bits per heavy atom. The third-order valence-electron chi connectivity index (χ3n) is 3.71. The number of hydrogen-bond acceptors (Lipinski definition) is 2. The van der Waals surface area contributed by atoms with Gasteiger partial charge in [-0.05, 0) is 37.1 Å². The quantitative estimate of drug-likeness (QED) is 0.496. The second-order valence-electron chi connectivity index (χ2n) is 4.08. The lowest BCUT2D eigenvalue weighted by Crippen LogP contribution is -2.33. The summed E-state index contributed by atoms with van der Waals surface area (Å²) in [5, 5.41) is 4.27. The maximum Gasteiger partial charge on any atom is 0.0218 e. The van der Waals surface area contributed by atoms with E-state index in [4.69, 9.17) is 0 Å². The van der Waals surface area contributed by atoms with Crippen molar-refractivity contribution < 1.29 is 0 Å². The highest BCUT2D eigenvalue weighted by molar-refractivity contribution is 7.81. The van der Waals surface area contributed by atoms with Crippen LogP contribution in [0.3, 0.4) is 0 Å². The fourth-order valence-electron chi connectivity index (χ4n) is 3.26. The van der Waals surface area contributed by atoms with Crippen LogP contribution in [-0.4, -0.2) is 17.8 Å². The van der Waals surface area contributed by atoms with Crippen LogP contribution in [0.15, 0.2) is 0 Å². The summed E-state index contributed by atoms with van der Waals surface area (Å²) in [6.07, 6.45) is 2.93. The van der Waals surface area contributed by atoms with Gasteiger partial charge in [-0.25, -0.2) is 0 Å². The molecule has 0 radical (unpaired) electrons. The lowest BCUT2D eigenvalue weighted by molar-refractivity contribution is 0.394. The zero-order valence-corrected chi connectivity index (χ0v) is 6.85. The Morgan fingerprint density at radius 1 is 1.20 bits per heavy atom. The average Bonchev–Trinajstić information content (AvgIpc) is 2.43. The van der Waals surface area contributed by atoms with Gasteiger partial charge in [0.15, 0.2) is 0 Å². The minimum atomic E-state index is 0.684. The van der Waals surface area contributed by atoms with Gasteiger partial charge in [0.2, 0.25) is 0 Å². The van der Waals surface area contributed by atoms with E-state index >= 15 is 0 Å². The van der Waals surface area contributed by atoms with Gasteiger partial charge in [0.1, 0.15) is 0 Å². The van der Waals surface area contributed by atoms with Gasteiger partial charge in [-0.15, -0.1) is 0 Å². The fraction of sp³-hybridized carbons (Fsp3) is 1.00. The SMILES string of the molecule is SC1C2CC3CNC1C3C2. The predicted octanol–water partition coefficient (Wildman–Crippen LogP) is 0.913. The molecule has 2 saturated carbocycles. The van der Waals surface area contributed by atoms with E-state index in [-0.39, 0.29) is 0 Å². The third kappa shape index (κ3) is 0.517. The van der Waals surface area contributed by atoms with Crippen molar-refractivity contribution in [1.82, 2.24) is 5.32 Å². The molecule has 0 aromatic heterocycles. The molecule has 56 valence electrons. The van der Waals surface area contributed by atoms with Gasteiger partial charge < -0.3 is 5.32 Å². The molecule has 10 heavy (non-hydrogen) atoms. The normalized spacial score (nSPS) is 63.9. The van der Waals surface area contributed by atoms with Gasteiger partial charge in [-0.3, -0.25) is 0 Å². The maximum atomic E-state index is 4.64. The second kappa shape index (κ2) is 1.72. The van der Waals surface area contributed by atoms with E-state index in [0.29, 0.717) is 5.25 Å². The van der Waals surface area contributed by atoms with E-state index in [1.807, 2.05) is 0 Å². The molecule has 0 amide bonds. The molecule has 3 rings (SSSR count). The van der Waals surface area contributed by atoms with Crippen molar-refractivity contribution >= 4 is 12.6 Å². The van der Waals surface area contributed by atoms with Gasteiger partial charge in [-0.2, -0.15) is 12.6 Å². The molecule has 1 heterocycles. The summed E-state index contributed by atoms with van der Waals surface area (Å²) in [6, 6.07) is 0.784. The van der Waals surface area contributed by atoms with Crippen LogP contribution in [-0.2, 0) is 0 Å². The van der Waals surface area contributed by atoms with E-state index in [1.165, 1.54) is 19.4 Å². The van der Waals surface area contributed by atoms with Crippen molar-refractivity contribution in [2.45, 2.75) is 24.1 Å². The summed E-state index contributed by atoms with van der Waals surface area (Å²) in [5.74, 6) is 2.99. The minimum Gasteiger partial charge on any atom is -0.312 e. The first-order valence-corrected chi connectivity index (χ1v) is 4.79. The zero-order chi connectivity index (χ0) is 6.72. The van der Waals surface area contributed by atoms with Gasteiger partial charge in [-0.1, -0.05) is 0 Å². The molecule has 0 spiro atoms. The highest BCUT2D eigenvalue weighted by Crippen LogP contribution is 2.53. The van der Waals surface area contributed by atoms with Crippen molar-refractivity contribution in [3.05, 3.63) is 0 Å². The number of thiol groups is 1. The molecule has 1 nitrogen and oxygen atoms in total. The molecule has 2 heteroatoms. The lowest BCUT2D eigenvalue weighted by Gasteiger charge is -2.22. The summed E-state index contributed by atoms with van der Waals surface area (Å²) in [6.45, 7) is 1.28. The van der Waals surface area contributed by atoms with Gasteiger partial charge >= 0.3 is 0 Å². The van der Waals surface area contributed by atoms with E-state index in [1.54, 1.807) is 0 Å². The van der Waals surface area contributed by atoms with E-state index in [0.717, 1.165) is 23.8 Å². The van der Waals surface area contributed by atoms with Crippen LogP contribution in [0.4, 0.5) is 0 Å². The van der Waals surface area contributed by atoms with Crippen molar-refractivity contribution in [1.29, 1.82) is 0 Å². The fourth-order valence-corrected chi connectivity index (χ4v) is 3.83. The van der Waals surface area contributed by atoms with E-state index in [9.17, 15) is 0 Å². The number of nitrogens with one attached hydrogen (secondary N) is 1. The Bertz CT molecular complexity index is 169. The first-order valence-electron chi connectivity index (χ1n) is 4.28. The van der Waals surface area contributed by atoms with E-state index in [2.05, 4.69) is 17.9 Å². The molecular formula is C8H13NS. The van der Waals surface area contributed by atoms with Gasteiger partial charge in [0.05, 0.1) is 0 Å². The molecule has 3 aliphatic rings. The Hall–Kier alpha value is 0.310. The molecule has 1 saturated heterocycles. The first-order chi connectivity index (χ1) is 4.86. The Morgan fingerprint density at radius 3 is 2.80 bits per heavy atom. The molecule has 1 N–H and O–H groups in total. The topological polar surface area (TPSA) is 12.0 Å². The van der Waals surface area contributed by atoms with E-state index < -0.39 is 0 Å². The molecule has 3 fully saturated rings. The van der Waals surface area contributed by atoms with Gasteiger partial charge in [0, 0.05) is 11.3 Å². The van der Waals surface area contributed by atoms with Crippen molar-refractivity contribution in [2.75, 3.05) is 6.54 Å². The maximum absolute atomic E-state index is 4.64. The summed E-state index contributed by atoms with van der Waals surface area (Å²) in [7, 11) is 0. The summed E-state index contributed by atoms with van der Waals surface area (Å²) in [4.78, 5) is 0. The first kappa shape index (κ1) is 5.90. The van der Waals surface area contributed by atoms with Gasteiger partial charge in [0.25, 0.3) is 0 Å². The Balaban J connectivity index is 2.00. The highest BCUT2D eigenvalue weighted by Gasteiger charge is 2.54. The second-order valence-corrected chi connectivity index (χ2v) is 4.68. The molecular weight excluding hydrogens is 142 g/mol. The molecule has 1 aliphatic heterocycles. The van der Waals surface area contributed by atoms with Crippen LogP contribution in [0, 0.1) is 17.8 Å². The summed E-state index contributed by atoms with van der Waals surface area (Å²) < 4.78 is 0. The largest absolute Gasteiger partial charge is 0.312 e. The summed E-state index contributed by atoms with van der Waals surface area (Å²) in [5.41, 5.74) is 0. The van der Waals surface area contributed by atoms with Crippen LogP contribution in [0.2, 0.25) is 0 Å². The molecule has 2 bridgehead atoms. The van der Waals surface area contributed by atoms with Crippen LogP contribution < -0.4 is 5.32 Å². The number of hydrogen-bond donors (Lipinski definition) is 2. The monoisotopic (exact) mass is 155 g/mol. The number of fused-ring (bicyclic) bond motifs is 1. The predicted molar refractivity (Wildman–Crippen MR) is 44.3 cm³/mol. The highest BCUT2D eigenvalue weighted by atomic mass is 32.1. The molecule has 5 atom stereocenters.